The molecule has 4 rings (SSSR count). The summed E-state index contributed by atoms with van der Waals surface area (Å²) in [4.78, 5) is 14.6. The summed E-state index contributed by atoms with van der Waals surface area (Å²) in [5.41, 5.74) is 0.974. The molecular formula is C20H31NO4. The van der Waals surface area contributed by atoms with Gasteiger partial charge in [0, 0.05) is 38.3 Å². The van der Waals surface area contributed by atoms with Crippen molar-refractivity contribution in [1.29, 1.82) is 0 Å². The number of piperidine rings is 1. The van der Waals surface area contributed by atoms with Crippen molar-refractivity contribution in [2.45, 2.75) is 63.1 Å². The van der Waals surface area contributed by atoms with Crippen LogP contribution < -0.4 is 0 Å². The van der Waals surface area contributed by atoms with Crippen LogP contribution in [0.2, 0.25) is 0 Å². The van der Waals surface area contributed by atoms with Crippen molar-refractivity contribution in [2.75, 3.05) is 39.5 Å². The Kier molecular flexibility index (Phi) is 5.44. The zero-order valence-electron chi connectivity index (χ0n) is 15.2. The average Bonchev–Trinajstić information content (AvgIpc) is 3.32. The van der Waals surface area contributed by atoms with Crippen LogP contribution in [0.3, 0.4) is 0 Å². The van der Waals surface area contributed by atoms with E-state index in [-0.39, 0.29) is 17.6 Å². The number of hydrogen-bond acceptors (Lipinski definition) is 4. The van der Waals surface area contributed by atoms with Crippen LogP contribution in [-0.2, 0) is 19.0 Å². The number of rotatable bonds is 4. The molecule has 4 aliphatic rings. The maximum absolute atomic E-state index is 12.5. The van der Waals surface area contributed by atoms with Gasteiger partial charge in [-0.3, -0.25) is 4.79 Å². The van der Waals surface area contributed by atoms with Gasteiger partial charge < -0.3 is 19.1 Å². The molecule has 140 valence electrons. The number of hydrogen-bond donors (Lipinski definition) is 0. The molecule has 0 aromatic heterocycles. The van der Waals surface area contributed by atoms with Gasteiger partial charge in [0.15, 0.2) is 0 Å². The van der Waals surface area contributed by atoms with E-state index in [1.807, 2.05) is 4.90 Å². The monoisotopic (exact) mass is 349 g/mol. The van der Waals surface area contributed by atoms with Crippen LogP contribution in [0.5, 0.6) is 0 Å². The lowest BCUT2D eigenvalue weighted by Crippen LogP contribution is -2.47. The summed E-state index contributed by atoms with van der Waals surface area (Å²) < 4.78 is 17.8. The zero-order valence-corrected chi connectivity index (χ0v) is 15.2. The summed E-state index contributed by atoms with van der Waals surface area (Å²) in [6.45, 7) is 4.94. The highest BCUT2D eigenvalue weighted by atomic mass is 16.6. The van der Waals surface area contributed by atoms with Gasteiger partial charge in [-0.1, -0.05) is 6.08 Å². The van der Waals surface area contributed by atoms with Gasteiger partial charge in [0.2, 0.25) is 5.91 Å². The fourth-order valence-electron chi connectivity index (χ4n) is 4.63. The van der Waals surface area contributed by atoms with E-state index < -0.39 is 0 Å². The second kappa shape index (κ2) is 7.77. The second-order valence-electron chi connectivity index (χ2n) is 8.12. The van der Waals surface area contributed by atoms with Crippen LogP contribution in [0.25, 0.3) is 0 Å². The molecule has 3 fully saturated rings. The molecule has 0 N–H and O–H groups in total. The molecule has 25 heavy (non-hydrogen) atoms. The first-order valence-corrected chi connectivity index (χ1v) is 10.1. The van der Waals surface area contributed by atoms with Crippen molar-refractivity contribution in [3.63, 3.8) is 0 Å². The maximum atomic E-state index is 12.5. The smallest absolute Gasteiger partial charge is 0.249 e. The minimum absolute atomic E-state index is 0.0544. The Labute approximate surface area is 150 Å². The molecule has 1 aliphatic carbocycles. The summed E-state index contributed by atoms with van der Waals surface area (Å²) >= 11 is 0. The number of carbonyl (C=O) groups is 1. The third-order valence-electron chi connectivity index (χ3n) is 6.36. The molecule has 5 heteroatoms. The van der Waals surface area contributed by atoms with Gasteiger partial charge in [-0.25, -0.2) is 0 Å². The van der Waals surface area contributed by atoms with Gasteiger partial charge in [-0.2, -0.15) is 0 Å². The molecule has 1 spiro atoms. The van der Waals surface area contributed by atoms with E-state index in [0.717, 1.165) is 89.8 Å². The summed E-state index contributed by atoms with van der Waals surface area (Å²) in [5, 5.41) is 0. The maximum Gasteiger partial charge on any atom is 0.249 e. The van der Waals surface area contributed by atoms with Crippen molar-refractivity contribution in [3.8, 4) is 0 Å². The quantitative estimate of drug-likeness (QED) is 0.783. The molecule has 0 saturated carbocycles. The topological polar surface area (TPSA) is 48.0 Å². The number of nitrogens with zero attached hydrogens (tertiary/aromatic N) is 1. The molecule has 3 aliphatic heterocycles. The highest BCUT2D eigenvalue weighted by Gasteiger charge is 2.44. The van der Waals surface area contributed by atoms with Crippen molar-refractivity contribution in [1.82, 2.24) is 4.90 Å². The first-order valence-electron chi connectivity index (χ1n) is 10.1. The Hall–Kier alpha value is -0.910. The predicted molar refractivity (Wildman–Crippen MR) is 94.3 cm³/mol. The van der Waals surface area contributed by atoms with E-state index in [4.69, 9.17) is 14.2 Å². The van der Waals surface area contributed by atoms with Crippen LogP contribution in [0.4, 0.5) is 0 Å². The van der Waals surface area contributed by atoms with Crippen molar-refractivity contribution >= 4 is 5.91 Å². The standard InChI is InChI=1S/C20H31NO4/c22-19(17-3-1-2-4-17)21-9-7-20(8-10-21)13-18(15-25-20)24-14-16-5-11-23-12-6-16/h3,16,18H,1-2,4-15H2/t18-/m1/s1. The van der Waals surface area contributed by atoms with Crippen LogP contribution >= 0.6 is 0 Å². The van der Waals surface area contributed by atoms with Crippen LogP contribution in [0.15, 0.2) is 11.6 Å². The summed E-state index contributed by atoms with van der Waals surface area (Å²) in [5.74, 6) is 0.905. The minimum atomic E-state index is -0.0544. The van der Waals surface area contributed by atoms with Gasteiger partial charge in [0.1, 0.15) is 0 Å². The number of amides is 1. The number of likely N-dealkylation sites (tertiary alicyclic amines) is 1. The molecule has 0 bridgehead atoms. The van der Waals surface area contributed by atoms with E-state index >= 15 is 0 Å². The molecule has 0 radical (unpaired) electrons. The predicted octanol–water partition coefficient (Wildman–Crippen LogP) is 2.69. The molecule has 1 atom stereocenters. The Morgan fingerprint density at radius 2 is 2.08 bits per heavy atom. The molecule has 0 aromatic carbocycles. The van der Waals surface area contributed by atoms with Crippen LogP contribution in [-0.4, -0.2) is 62.0 Å². The van der Waals surface area contributed by atoms with Crippen LogP contribution in [0, 0.1) is 5.92 Å². The normalized spacial score (nSPS) is 30.0. The van der Waals surface area contributed by atoms with E-state index in [1.165, 1.54) is 0 Å². The molecular weight excluding hydrogens is 318 g/mol. The second-order valence-corrected chi connectivity index (χ2v) is 8.12. The molecule has 0 unspecified atom stereocenters. The van der Waals surface area contributed by atoms with Gasteiger partial charge in [-0.05, 0) is 50.9 Å². The molecule has 3 saturated heterocycles. The summed E-state index contributed by atoms with van der Waals surface area (Å²) in [7, 11) is 0. The first-order chi connectivity index (χ1) is 12.2. The number of ether oxygens (including phenoxy) is 3. The van der Waals surface area contributed by atoms with Crippen LogP contribution in [0.1, 0.15) is 51.4 Å². The van der Waals surface area contributed by atoms with E-state index in [0.29, 0.717) is 12.5 Å². The minimum Gasteiger partial charge on any atom is -0.381 e. The molecule has 0 aromatic rings. The Bertz CT molecular complexity index is 504. The lowest BCUT2D eigenvalue weighted by Gasteiger charge is -2.38. The Morgan fingerprint density at radius 3 is 2.80 bits per heavy atom. The van der Waals surface area contributed by atoms with E-state index in [1.54, 1.807) is 0 Å². The SMILES string of the molecule is O=C(C1=CCCC1)N1CCC2(CC1)C[C@@H](OCC1CCOCC1)CO2. The van der Waals surface area contributed by atoms with Gasteiger partial charge in [0.05, 0.1) is 24.9 Å². The van der Waals surface area contributed by atoms with Gasteiger partial charge >= 0.3 is 0 Å². The Balaban J connectivity index is 1.22. The number of carbonyl (C=O) groups excluding carboxylic acids is 1. The lowest BCUT2D eigenvalue weighted by molar-refractivity contribution is -0.132. The fourth-order valence-corrected chi connectivity index (χ4v) is 4.63. The zero-order chi connectivity index (χ0) is 17.1. The van der Waals surface area contributed by atoms with Gasteiger partial charge in [-0.15, -0.1) is 0 Å². The van der Waals surface area contributed by atoms with Crippen molar-refractivity contribution in [3.05, 3.63) is 11.6 Å². The number of allylic oxidation sites excluding steroid dienone is 1. The highest BCUT2D eigenvalue weighted by molar-refractivity contribution is 5.93. The fraction of sp³-hybridized carbons (Fsp3) is 0.850. The Morgan fingerprint density at radius 1 is 1.28 bits per heavy atom. The lowest BCUT2D eigenvalue weighted by atomic mass is 9.87. The van der Waals surface area contributed by atoms with E-state index in [2.05, 4.69) is 6.08 Å². The largest absolute Gasteiger partial charge is 0.381 e. The third-order valence-corrected chi connectivity index (χ3v) is 6.36. The molecule has 5 nitrogen and oxygen atoms in total. The van der Waals surface area contributed by atoms with Gasteiger partial charge in [0.25, 0.3) is 0 Å². The van der Waals surface area contributed by atoms with E-state index in [9.17, 15) is 4.79 Å². The first kappa shape index (κ1) is 17.5. The highest BCUT2D eigenvalue weighted by Crippen LogP contribution is 2.38. The molecule has 3 heterocycles. The third kappa shape index (κ3) is 4.09. The van der Waals surface area contributed by atoms with Crippen molar-refractivity contribution in [2.24, 2.45) is 5.92 Å². The summed E-state index contributed by atoms with van der Waals surface area (Å²) in [6, 6.07) is 0. The van der Waals surface area contributed by atoms with Crippen molar-refractivity contribution < 1.29 is 19.0 Å². The molecule has 1 amide bonds. The summed E-state index contributed by atoms with van der Waals surface area (Å²) in [6.07, 6.45) is 10.6. The average molecular weight is 349 g/mol.